The zero-order chi connectivity index (χ0) is 14.7. The SMILES string of the molecule is Cc1c(N)cccc1SCc1ccn(-c2ccccc2)n1. The van der Waals surface area contributed by atoms with Gasteiger partial charge in [-0.15, -0.1) is 11.8 Å². The number of aromatic nitrogens is 2. The van der Waals surface area contributed by atoms with Crippen LogP contribution in [0.3, 0.4) is 0 Å². The van der Waals surface area contributed by atoms with Crippen LogP contribution in [0.1, 0.15) is 11.3 Å². The summed E-state index contributed by atoms with van der Waals surface area (Å²) in [5.41, 5.74) is 10.1. The minimum Gasteiger partial charge on any atom is -0.398 e. The number of para-hydroxylation sites is 1. The summed E-state index contributed by atoms with van der Waals surface area (Å²) in [5, 5.41) is 4.61. The van der Waals surface area contributed by atoms with Gasteiger partial charge in [0.05, 0.1) is 11.4 Å². The molecule has 0 spiro atoms. The predicted molar refractivity (Wildman–Crippen MR) is 88.7 cm³/mol. The van der Waals surface area contributed by atoms with Gasteiger partial charge in [0.1, 0.15) is 0 Å². The van der Waals surface area contributed by atoms with Crippen LogP contribution in [-0.2, 0) is 5.75 Å². The zero-order valence-corrected chi connectivity index (χ0v) is 12.7. The molecule has 0 atom stereocenters. The highest BCUT2D eigenvalue weighted by molar-refractivity contribution is 7.98. The van der Waals surface area contributed by atoms with Gasteiger partial charge in [-0.2, -0.15) is 5.10 Å². The predicted octanol–water partition coefficient (Wildman–Crippen LogP) is 4.06. The molecule has 0 aliphatic heterocycles. The third-order valence-electron chi connectivity index (χ3n) is 3.37. The van der Waals surface area contributed by atoms with Gasteiger partial charge in [0.25, 0.3) is 0 Å². The third-order valence-corrected chi connectivity index (χ3v) is 4.56. The Kier molecular flexibility index (Phi) is 3.97. The normalized spacial score (nSPS) is 10.7. The van der Waals surface area contributed by atoms with Gasteiger partial charge in [0.2, 0.25) is 0 Å². The first-order valence-corrected chi connectivity index (χ1v) is 7.80. The van der Waals surface area contributed by atoms with Gasteiger partial charge in [-0.05, 0) is 42.8 Å². The van der Waals surface area contributed by atoms with Crippen LogP contribution in [0.4, 0.5) is 5.69 Å². The van der Waals surface area contributed by atoms with Crippen LogP contribution in [0.15, 0.2) is 65.7 Å². The Morgan fingerprint density at radius 2 is 1.86 bits per heavy atom. The molecular weight excluding hydrogens is 278 g/mol. The highest BCUT2D eigenvalue weighted by Gasteiger charge is 2.05. The molecule has 0 aliphatic carbocycles. The molecule has 0 saturated heterocycles. The topological polar surface area (TPSA) is 43.8 Å². The van der Waals surface area contributed by atoms with Crippen LogP contribution < -0.4 is 5.73 Å². The van der Waals surface area contributed by atoms with E-state index in [2.05, 4.69) is 24.2 Å². The van der Waals surface area contributed by atoms with Gasteiger partial charge < -0.3 is 5.73 Å². The van der Waals surface area contributed by atoms with Gasteiger partial charge in [-0.1, -0.05) is 24.3 Å². The Hall–Kier alpha value is -2.20. The molecule has 0 amide bonds. The number of nitrogen functional groups attached to an aromatic ring is 1. The van der Waals surface area contributed by atoms with E-state index in [1.54, 1.807) is 11.8 Å². The molecule has 1 aromatic heterocycles. The fourth-order valence-electron chi connectivity index (χ4n) is 2.10. The maximum absolute atomic E-state index is 5.94. The second-order valence-electron chi connectivity index (χ2n) is 4.85. The maximum atomic E-state index is 5.94. The van der Waals surface area contributed by atoms with E-state index in [-0.39, 0.29) is 0 Å². The van der Waals surface area contributed by atoms with E-state index >= 15 is 0 Å². The molecule has 0 aliphatic rings. The monoisotopic (exact) mass is 295 g/mol. The molecule has 0 fully saturated rings. The molecule has 4 heteroatoms. The van der Waals surface area contributed by atoms with E-state index in [9.17, 15) is 0 Å². The van der Waals surface area contributed by atoms with Crippen molar-refractivity contribution in [2.45, 2.75) is 17.6 Å². The second kappa shape index (κ2) is 6.06. The summed E-state index contributed by atoms with van der Waals surface area (Å²) in [6.07, 6.45) is 2.00. The van der Waals surface area contributed by atoms with E-state index in [0.29, 0.717) is 0 Å². The minimum atomic E-state index is 0.837. The van der Waals surface area contributed by atoms with Crippen molar-refractivity contribution in [3.8, 4) is 5.69 Å². The van der Waals surface area contributed by atoms with Crippen LogP contribution in [0.5, 0.6) is 0 Å². The van der Waals surface area contributed by atoms with E-state index in [0.717, 1.165) is 28.4 Å². The van der Waals surface area contributed by atoms with Crippen molar-refractivity contribution < 1.29 is 0 Å². The van der Waals surface area contributed by atoms with Crippen molar-refractivity contribution in [1.82, 2.24) is 9.78 Å². The van der Waals surface area contributed by atoms with Crippen LogP contribution in [-0.4, -0.2) is 9.78 Å². The van der Waals surface area contributed by atoms with Crippen molar-refractivity contribution in [3.05, 3.63) is 72.1 Å². The first-order chi connectivity index (χ1) is 10.2. The molecule has 3 rings (SSSR count). The van der Waals surface area contributed by atoms with Crippen LogP contribution in [0.2, 0.25) is 0 Å². The highest BCUT2D eigenvalue weighted by Crippen LogP contribution is 2.28. The number of thioether (sulfide) groups is 1. The number of nitrogens with zero attached hydrogens (tertiary/aromatic N) is 2. The zero-order valence-electron chi connectivity index (χ0n) is 11.9. The molecule has 0 radical (unpaired) electrons. The maximum Gasteiger partial charge on any atom is 0.0731 e. The molecule has 2 N–H and O–H groups in total. The minimum absolute atomic E-state index is 0.837. The van der Waals surface area contributed by atoms with Crippen molar-refractivity contribution in [1.29, 1.82) is 0 Å². The van der Waals surface area contributed by atoms with Gasteiger partial charge in [-0.25, -0.2) is 4.68 Å². The van der Waals surface area contributed by atoms with Crippen molar-refractivity contribution >= 4 is 17.4 Å². The van der Waals surface area contributed by atoms with E-state index in [4.69, 9.17) is 5.73 Å². The fourth-order valence-corrected chi connectivity index (χ4v) is 3.07. The number of anilines is 1. The van der Waals surface area contributed by atoms with E-state index in [1.807, 2.05) is 53.3 Å². The molecule has 3 aromatic rings. The lowest BCUT2D eigenvalue weighted by molar-refractivity contribution is 0.859. The summed E-state index contributed by atoms with van der Waals surface area (Å²) < 4.78 is 1.90. The Morgan fingerprint density at radius 1 is 1.05 bits per heavy atom. The molecule has 0 saturated carbocycles. The molecular formula is C17H17N3S. The average Bonchev–Trinajstić information content (AvgIpc) is 2.99. The third kappa shape index (κ3) is 3.11. The number of hydrogen-bond acceptors (Lipinski definition) is 3. The number of hydrogen-bond donors (Lipinski definition) is 1. The van der Waals surface area contributed by atoms with E-state index in [1.165, 1.54) is 4.90 Å². The molecule has 2 aromatic carbocycles. The number of benzene rings is 2. The molecule has 3 nitrogen and oxygen atoms in total. The Morgan fingerprint density at radius 3 is 2.67 bits per heavy atom. The van der Waals surface area contributed by atoms with E-state index < -0.39 is 0 Å². The number of rotatable bonds is 4. The molecule has 21 heavy (non-hydrogen) atoms. The second-order valence-corrected chi connectivity index (χ2v) is 5.86. The lowest BCUT2D eigenvalue weighted by atomic mass is 10.2. The average molecular weight is 295 g/mol. The Balaban J connectivity index is 1.72. The van der Waals surface area contributed by atoms with Gasteiger partial charge in [0, 0.05) is 22.5 Å². The first-order valence-electron chi connectivity index (χ1n) is 6.82. The standard InChI is InChI=1S/C17H17N3S/c1-13-16(18)8-5-9-17(13)21-12-14-10-11-20(19-14)15-6-3-2-4-7-15/h2-11H,12,18H2,1H3. The van der Waals surface area contributed by atoms with Crippen molar-refractivity contribution in [2.75, 3.05) is 5.73 Å². The summed E-state index contributed by atoms with van der Waals surface area (Å²) in [7, 11) is 0. The molecule has 0 unspecified atom stereocenters. The number of nitrogens with two attached hydrogens (primary N) is 1. The smallest absolute Gasteiger partial charge is 0.0731 e. The largest absolute Gasteiger partial charge is 0.398 e. The van der Waals surface area contributed by atoms with Gasteiger partial charge in [0.15, 0.2) is 0 Å². The van der Waals surface area contributed by atoms with Crippen LogP contribution in [0, 0.1) is 6.92 Å². The first kappa shape index (κ1) is 13.8. The summed E-state index contributed by atoms with van der Waals surface area (Å²) in [6, 6.07) is 18.2. The lowest BCUT2D eigenvalue weighted by Crippen LogP contribution is -1.95. The summed E-state index contributed by atoms with van der Waals surface area (Å²) in [6.45, 7) is 2.06. The van der Waals surface area contributed by atoms with Crippen LogP contribution in [0.25, 0.3) is 5.69 Å². The summed E-state index contributed by atoms with van der Waals surface area (Å²) >= 11 is 1.77. The van der Waals surface area contributed by atoms with Crippen molar-refractivity contribution in [3.63, 3.8) is 0 Å². The summed E-state index contributed by atoms with van der Waals surface area (Å²) in [4.78, 5) is 1.21. The molecule has 1 heterocycles. The van der Waals surface area contributed by atoms with Crippen LogP contribution >= 0.6 is 11.8 Å². The quantitative estimate of drug-likeness (QED) is 0.583. The highest BCUT2D eigenvalue weighted by atomic mass is 32.2. The Bertz CT molecular complexity index is 735. The molecule has 106 valence electrons. The lowest BCUT2D eigenvalue weighted by Gasteiger charge is -2.06. The molecule has 0 bridgehead atoms. The Labute approximate surface area is 128 Å². The fraction of sp³-hybridized carbons (Fsp3) is 0.118. The summed E-state index contributed by atoms with van der Waals surface area (Å²) in [5.74, 6) is 0.837. The van der Waals surface area contributed by atoms with Crippen molar-refractivity contribution in [2.24, 2.45) is 0 Å². The van der Waals surface area contributed by atoms with Gasteiger partial charge >= 0.3 is 0 Å². The van der Waals surface area contributed by atoms with Gasteiger partial charge in [-0.3, -0.25) is 0 Å².